The Hall–Kier alpha value is -3.33. The summed E-state index contributed by atoms with van der Waals surface area (Å²) in [6.45, 7) is 1.87. The minimum atomic E-state index is -4.38. The van der Waals surface area contributed by atoms with Crippen LogP contribution in [-0.4, -0.2) is 15.9 Å². The number of nitrogen functional groups attached to an aromatic ring is 1. The van der Waals surface area contributed by atoms with Crippen molar-refractivity contribution in [3.8, 4) is 0 Å². The summed E-state index contributed by atoms with van der Waals surface area (Å²) >= 11 is 5.93. The summed E-state index contributed by atoms with van der Waals surface area (Å²) in [6, 6.07) is 11.7. The molecule has 4 N–H and O–H groups in total. The van der Waals surface area contributed by atoms with Gasteiger partial charge in [-0.1, -0.05) is 35.9 Å². The highest BCUT2D eigenvalue weighted by molar-refractivity contribution is 6.30. The first-order chi connectivity index (χ1) is 14.6. The molecular weight excluding hydrogens is 431 g/mol. The number of hydrogen-bond acceptors (Lipinski definition) is 5. The van der Waals surface area contributed by atoms with Crippen molar-refractivity contribution >= 4 is 35.0 Å². The number of nitrogens with one attached hydrogen (secondary N) is 2. The zero-order valence-corrected chi connectivity index (χ0v) is 17.2. The molecule has 0 aliphatic heterocycles. The van der Waals surface area contributed by atoms with Crippen molar-refractivity contribution < 1.29 is 18.0 Å². The Kier molecular flexibility index (Phi) is 6.65. The molecule has 0 saturated heterocycles. The van der Waals surface area contributed by atoms with Gasteiger partial charge in [0.25, 0.3) is 0 Å². The van der Waals surface area contributed by atoms with Crippen molar-refractivity contribution in [3.63, 3.8) is 0 Å². The lowest BCUT2D eigenvalue weighted by Crippen LogP contribution is -2.18. The summed E-state index contributed by atoms with van der Waals surface area (Å²) in [5.74, 6) is -0.0317. The van der Waals surface area contributed by atoms with Gasteiger partial charge in [-0.2, -0.15) is 18.2 Å². The van der Waals surface area contributed by atoms with E-state index in [9.17, 15) is 18.0 Å². The zero-order valence-electron chi connectivity index (χ0n) is 16.4. The Bertz CT molecular complexity index is 1060. The molecule has 0 radical (unpaired) electrons. The maximum Gasteiger partial charge on any atom is 0.416 e. The summed E-state index contributed by atoms with van der Waals surface area (Å²) in [6.07, 6.45) is -4.28. The second-order valence-corrected chi connectivity index (χ2v) is 7.23. The maximum absolute atomic E-state index is 12.6. The van der Waals surface area contributed by atoms with Crippen molar-refractivity contribution in [1.82, 2.24) is 9.97 Å². The van der Waals surface area contributed by atoms with E-state index in [4.69, 9.17) is 17.3 Å². The lowest BCUT2D eigenvalue weighted by molar-refractivity contribution is -0.137. The monoisotopic (exact) mass is 449 g/mol. The number of carbonyl (C=O) groups excluding carboxylic acids is 1. The highest BCUT2D eigenvalue weighted by Gasteiger charge is 2.29. The number of nitrogens with two attached hydrogens (primary N) is 1. The van der Waals surface area contributed by atoms with Gasteiger partial charge >= 0.3 is 6.18 Å². The summed E-state index contributed by atoms with van der Waals surface area (Å²) in [5, 5.41) is 6.15. The van der Waals surface area contributed by atoms with Crippen LogP contribution in [0.4, 0.5) is 30.6 Å². The highest BCUT2D eigenvalue weighted by Crippen LogP contribution is 2.29. The molecule has 162 valence electrons. The minimum Gasteiger partial charge on any atom is -0.382 e. The molecule has 3 rings (SSSR count). The molecule has 0 aliphatic carbocycles. The fraction of sp³-hybridized carbons (Fsp3) is 0.190. The molecular formula is C21H19ClF3N5O. The molecule has 0 spiro atoms. The fourth-order valence-electron chi connectivity index (χ4n) is 2.84. The van der Waals surface area contributed by atoms with Crippen LogP contribution in [-0.2, 0) is 23.9 Å². The number of aryl methyl sites for hydroxylation is 1. The molecule has 1 heterocycles. The number of anilines is 3. The average molecular weight is 450 g/mol. The van der Waals surface area contributed by atoms with E-state index in [1.807, 2.05) is 0 Å². The number of halogens is 4. The van der Waals surface area contributed by atoms with Crippen molar-refractivity contribution in [2.45, 2.75) is 26.1 Å². The van der Waals surface area contributed by atoms with Crippen LogP contribution < -0.4 is 16.4 Å². The Labute approximate surface area is 181 Å². The van der Waals surface area contributed by atoms with Crippen molar-refractivity contribution in [2.75, 3.05) is 16.4 Å². The van der Waals surface area contributed by atoms with E-state index in [1.54, 1.807) is 31.2 Å². The van der Waals surface area contributed by atoms with Gasteiger partial charge in [-0.3, -0.25) is 4.79 Å². The van der Waals surface area contributed by atoms with Crippen LogP contribution in [0.15, 0.2) is 48.5 Å². The SMILES string of the molecule is Cc1nc(NCc2ccc(C(F)(F)F)cc2)nc(N)c1NC(=O)Cc1cccc(Cl)c1. The number of carbonyl (C=O) groups is 1. The first-order valence-electron chi connectivity index (χ1n) is 9.20. The Morgan fingerprint density at radius 3 is 2.42 bits per heavy atom. The number of nitrogens with zero attached hydrogens (tertiary/aromatic N) is 2. The normalized spacial score (nSPS) is 11.3. The molecule has 0 atom stereocenters. The molecule has 2 aromatic carbocycles. The molecule has 0 fully saturated rings. The number of hydrogen-bond donors (Lipinski definition) is 3. The highest BCUT2D eigenvalue weighted by atomic mass is 35.5. The van der Waals surface area contributed by atoms with E-state index < -0.39 is 11.7 Å². The van der Waals surface area contributed by atoms with Crippen LogP contribution >= 0.6 is 11.6 Å². The molecule has 1 aromatic heterocycles. The lowest BCUT2D eigenvalue weighted by atomic mass is 10.1. The average Bonchev–Trinajstić information content (AvgIpc) is 2.69. The second kappa shape index (κ2) is 9.22. The van der Waals surface area contributed by atoms with E-state index in [0.717, 1.165) is 17.7 Å². The van der Waals surface area contributed by atoms with Crippen molar-refractivity contribution in [2.24, 2.45) is 0 Å². The van der Waals surface area contributed by atoms with Crippen LogP contribution in [0, 0.1) is 6.92 Å². The Morgan fingerprint density at radius 1 is 1.10 bits per heavy atom. The van der Waals surface area contributed by atoms with Gasteiger partial charge in [0.15, 0.2) is 5.82 Å². The van der Waals surface area contributed by atoms with Crippen molar-refractivity contribution in [1.29, 1.82) is 0 Å². The standard InChI is InChI=1S/C21H19ClF3N5O/c1-12-18(29-17(31)10-14-3-2-4-16(22)9-14)19(26)30-20(28-12)27-11-13-5-7-15(8-6-13)21(23,24)25/h2-9H,10-11H2,1H3,(H,29,31)(H3,26,27,28,30). The smallest absolute Gasteiger partial charge is 0.382 e. The molecule has 31 heavy (non-hydrogen) atoms. The number of aromatic nitrogens is 2. The third-order valence-corrected chi connectivity index (χ3v) is 4.60. The van der Waals surface area contributed by atoms with Crippen LogP contribution in [0.5, 0.6) is 0 Å². The molecule has 6 nitrogen and oxygen atoms in total. The summed E-state index contributed by atoms with van der Waals surface area (Å²) < 4.78 is 37.9. The number of rotatable bonds is 6. The summed E-state index contributed by atoms with van der Waals surface area (Å²) in [7, 11) is 0. The third-order valence-electron chi connectivity index (χ3n) is 4.37. The van der Waals surface area contributed by atoms with Gasteiger partial charge in [-0.05, 0) is 42.3 Å². The zero-order chi connectivity index (χ0) is 22.6. The maximum atomic E-state index is 12.6. The van der Waals surface area contributed by atoms with Gasteiger partial charge < -0.3 is 16.4 Å². The van der Waals surface area contributed by atoms with Crippen LogP contribution in [0.25, 0.3) is 0 Å². The van der Waals surface area contributed by atoms with E-state index >= 15 is 0 Å². The molecule has 0 saturated carbocycles. The van der Waals surface area contributed by atoms with Gasteiger partial charge in [-0.25, -0.2) is 4.98 Å². The largest absolute Gasteiger partial charge is 0.416 e. The molecule has 0 bridgehead atoms. The summed E-state index contributed by atoms with van der Waals surface area (Å²) in [4.78, 5) is 20.7. The quantitative estimate of drug-likeness (QED) is 0.501. The van der Waals surface area contributed by atoms with Gasteiger partial charge in [0.05, 0.1) is 17.7 Å². The molecule has 1 amide bonds. The third kappa shape index (κ3) is 6.08. The topological polar surface area (TPSA) is 92.9 Å². The first kappa shape index (κ1) is 22.4. The first-order valence-corrected chi connectivity index (χ1v) is 9.58. The van der Waals surface area contributed by atoms with Crippen LogP contribution in [0.2, 0.25) is 5.02 Å². The van der Waals surface area contributed by atoms with E-state index in [1.165, 1.54) is 12.1 Å². The second-order valence-electron chi connectivity index (χ2n) is 6.80. The Balaban J connectivity index is 1.64. The Morgan fingerprint density at radius 2 is 1.81 bits per heavy atom. The van der Waals surface area contributed by atoms with Crippen LogP contribution in [0.1, 0.15) is 22.4 Å². The predicted molar refractivity (Wildman–Crippen MR) is 114 cm³/mol. The number of benzene rings is 2. The molecule has 3 aromatic rings. The fourth-order valence-corrected chi connectivity index (χ4v) is 3.05. The predicted octanol–water partition coefficient (Wildman–Crippen LogP) is 4.83. The molecule has 0 aliphatic rings. The number of amides is 1. The van der Waals surface area contributed by atoms with Gasteiger partial charge in [-0.15, -0.1) is 0 Å². The number of alkyl halides is 3. The summed E-state index contributed by atoms with van der Waals surface area (Å²) in [5.41, 5.74) is 7.36. The van der Waals surface area contributed by atoms with Gasteiger partial charge in [0, 0.05) is 11.6 Å². The van der Waals surface area contributed by atoms with Crippen LogP contribution in [0.3, 0.4) is 0 Å². The minimum absolute atomic E-state index is 0.0712. The van der Waals surface area contributed by atoms with Crippen molar-refractivity contribution in [3.05, 3.63) is 75.9 Å². The van der Waals surface area contributed by atoms with E-state index in [-0.39, 0.29) is 30.6 Å². The van der Waals surface area contributed by atoms with Gasteiger partial charge in [0.1, 0.15) is 5.69 Å². The van der Waals surface area contributed by atoms with E-state index in [0.29, 0.717) is 22.0 Å². The van der Waals surface area contributed by atoms with E-state index in [2.05, 4.69) is 20.6 Å². The lowest BCUT2D eigenvalue weighted by Gasteiger charge is -2.13. The molecule has 0 unspecified atom stereocenters. The van der Waals surface area contributed by atoms with Gasteiger partial charge in [0.2, 0.25) is 11.9 Å². The molecule has 10 heteroatoms.